The Morgan fingerprint density at radius 3 is 3.00 bits per heavy atom. The second-order valence-electron chi connectivity index (χ2n) is 5.93. The molecule has 1 fully saturated rings. The van der Waals surface area contributed by atoms with Crippen LogP contribution in [0.15, 0.2) is 18.5 Å². The van der Waals surface area contributed by atoms with Crippen LogP contribution in [0, 0.1) is 0 Å². The van der Waals surface area contributed by atoms with Gasteiger partial charge in [0.25, 0.3) is 0 Å². The highest BCUT2D eigenvalue weighted by atomic mass is 16.5. The van der Waals surface area contributed by atoms with Crippen LogP contribution in [0.25, 0.3) is 0 Å². The van der Waals surface area contributed by atoms with Gasteiger partial charge in [-0.1, -0.05) is 6.92 Å². The topological polar surface area (TPSA) is 26.2 Å². The summed E-state index contributed by atoms with van der Waals surface area (Å²) in [5.74, 6) is 0. The molecule has 0 amide bonds. The molecule has 1 aliphatic heterocycles. The summed E-state index contributed by atoms with van der Waals surface area (Å²) in [5.41, 5.74) is 1.43. The van der Waals surface area contributed by atoms with Crippen LogP contribution in [0.3, 0.4) is 0 Å². The molecule has 3 nitrogen and oxygen atoms in total. The average molecular weight is 250 g/mol. The predicted octanol–water partition coefficient (Wildman–Crippen LogP) is 2.95. The van der Waals surface area contributed by atoms with E-state index < -0.39 is 0 Å². The molecule has 1 saturated heterocycles. The van der Waals surface area contributed by atoms with Gasteiger partial charge in [0, 0.05) is 25.5 Å². The van der Waals surface area contributed by atoms with Gasteiger partial charge in [-0.15, -0.1) is 0 Å². The van der Waals surface area contributed by atoms with Crippen LogP contribution >= 0.6 is 0 Å². The minimum absolute atomic E-state index is 0.0727. The fourth-order valence-electron chi connectivity index (χ4n) is 2.56. The normalized spacial score (nSPS) is 22.5. The largest absolute Gasteiger partial charge is 0.370 e. The molecule has 3 heteroatoms. The standard InChI is InChI=1S/C15H26N2O/c1-4-8-16-10-13-6-9-17(11-13)12-14-5-7-15(2,3)18-14/h6,9,11,14,16H,4-5,7-8,10,12H2,1-3H3. The maximum absolute atomic E-state index is 6.02. The Balaban J connectivity index is 1.80. The molecule has 0 radical (unpaired) electrons. The van der Waals surface area contributed by atoms with E-state index in [0.717, 1.165) is 19.6 Å². The number of hydrogen-bond acceptors (Lipinski definition) is 2. The van der Waals surface area contributed by atoms with Crippen LogP contribution in [0.1, 0.15) is 45.6 Å². The van der Waals surface area contributed by atoms with E-state index in [9.17, 15) is 0 Å². The molecule has 2 heterocycles. The maximum atomic E-state index is 6.02. The van der Waals surface area contributed by atoms with Gasteiger partial charge in [0.2, 0.25) is 0 Å². The van der Waals surface area contributed by atoms with E-state index in [1.54, 1.807) is 0 Å². The summed E-state index contributed by atoms with van der Waals surface area (Å²) in [6.07, 6.45) is 8.31. The Hall–Kier alpha value is -0.800. The Bertz CT molecular complexity index is 370. The number of rotatable bonds is 6. The van der Waals surface area contributed by atoms with Crippen molar-refractivity contribution in [1.29, 1.82) is 0 Å². The zero-order valence-corrected chi connectivity index (χ0v) is 11.9. The second kappa shape index (κ2) is 5.89. The first-order chi connectivity index (χ1) is 8.59. The Morgan fingerprint density at radius 1 is 1.50 bits per heavy atom. The number of ether oxygens (including phenoxy) is 1. The molecule has 1 aromatic rings. The lowest BCUT2D eigenvalue weighted by Gasteiger charge is -2.19. The molecule has 1 unspecified atom stereocenters. The van der Waals surface area contributed by atoms with Gasteiger partial charge in [-0.05, 0) is 51.3 Å². The summed E-state index contributed by atoms with van der Waals surface area (Å²) in [5, 5.41) is 3.43. The zero-order valence-electron chi connectivity index (χ0n) is 11.9. The Labute approximate surface area is 111 Å². The van der Waals surface area contributed by atoms with Crippen LogP contribution < -0.4 is 5.32 Å². The fourth-order valence-corrected chi connectivity index (χ4v) is 2.56. The van der Waals surface area contributed by atoms with Crippen molar-refractivity contribution in [2.75, 3.05) is 6.54 Å². The van der Waals surface area contributed by atoms with Crippen molar-refractivity contribution in [3.05, 3.63) is 24.0 Å². The molecule has 1 aliphatic rings. The molecule has 18 heavy (non-hydrogen) atoms. The van der Waals surface area contributed by atoms with E-state index in [2.05, 4.69) is 49.1 Å². The van der Waals surface area contributed by atoms with Crippen LogP contribution in [0.2, 0.25) is 0 Å². The van der Waals surface area contributed by atoms with E-state index in [4.69, 9.17) is 4.74 Å². The minimum atomic E-state index is 0.0727. The molecule has 102 valence electrons. The van der Waals surface area contributed by atoms with E-state index in [-0.39, 0.29) is 5.60 Å². The van der Waals surface area contributed by atoms with Gasteiger partial charge in [0.05, 0.1) is 11.7 Å². The maximum Gasteiger partial charge on any atom is 0.0762 e. The van der Waals surface area contributed by atoms with Crippen molar-refractivity contribution < 1.29 is 4.74 Å². The lowest BCUT2D eigenvalue weighted by molar-refractivity contribution is -0.0216. The van der Waals surface area contributed by atoms with Crippen molar-refractivity contribution in [3.63, 3.8) is 0 Å². The molecule has 2 rings (SSSR count). The molecular weight excluding hydrogens is 224 g/mol. The Kier molecular flexibility index (Phi) is 4.46. The smallest absolute Gasteiger partial charge is 0.0762 e. The molecule has 1 N–H and O–H groups in total. The highest BCUT2D eigenvalue weighted by Crippen LogP contribution is 2.30. The van der Waals surface area contributed by atoms with E-state index in [1.807, 2.05) is 0 Å². The number of nitrogens with zero attached hydrogens (tertiary/aromatic N) is 1. The number of nitrogens with one attached hydrogen (secondary N) is 1. The summed E-state index contributed by atoms with van der Waals surface area (Å²) in [4.78, 5) is 0. The van der Waals surface area contributed by atoms with E-state index >= 15 is 0 Å². The van der Waals surface area contributed by atoms with Gasteiger partial charge in [-0.3, -0.25) is 0 Å². The zero-order chi connectivity index (χ0) is 13.0. The van der Waals surface area contributed by atoms with Crippen molar-refractivity contribution in [1.82, 2.24) is 9.88 Å². The van der Waals surface area contributed by atoms with Crippen molar-refractivity contribution >= 4 is 0 Å². The first-order valence-corrected chi connectivity index (χ1v) is 7.12. The molecule has 1 aromatic heterocycles. The fraction of sp³-hybridized carbons (Fsp3) is 0.733. The molecule has 0 aliphatic carbocycles. The summed E-state index contributed by atoms with van der Waals surface area (Å²) in [6.45, 7) is 9.60. The van der Waals surface area contributed by atoms with Gasteiger partial charge < -0.3 is 14.6 Å². The van der Waals surface area contributed by atoms with Gasteiger partial charge in [-0.25, -0.2) is 0 Å². The first-order valence-electron chi connectivity index (χ1n) is 7.12. The molecule has 0 saturated carbocycles. The lowest BCUT2D eigenvalue weighted by atomic mass is 10.1. The average Bonchev–Trinajstić information content (AvgIpc) is 2.87. The number of hydrogen-bond donors (Lipinski definition) is 1. The molecule has 1 atom stereocenters. The monoisotopic (exact) mass is 250 g/mol. The summed E-state index contributed by atoms with van der Waals surface area (Å²) in [6, 6.07) is 2.20. The molecule has 0 aromatic carbocycles. The third-order valence-corrected chi connectivity index (χ3v) is 3.54. The van der Waals surface area contributed by atoms with Crippen molar-refractivity contribution in [3.8, 4) is 0 Å². The molecule has 0 spiro atoms. The van der Waals surface area contributed by atoms with Crippen molar-refractivity contribution in [2.45, 2.75) is 64.8 Å². The minimum Gasteiger partial charge on any atom is -0.370 e. The predicted molar refractivity (Wildman–Crippen MR) is 74.6 cm³/mol. The lowest BCUT2D eigenvalue weighted by Crippen LogP contribution is -2.22. The molecular formula is C15H26N2O. The van der Waals surface area contributed by atoms with Crippen LogP contribution in [-0.2, 0) is 17.8 Å². The van der Waals surface area contributed by atoms with Gasteiger partial charge >= 0.3 is 0 Å². The third kappa shape index (κ3) is 3.85. The summed E-state index contributed by atoms with van der Waals surface area (Å²) in [7, 11) is 0. The number of aromatic nitrogens is 1. The van der Waals surface area contributed by atoms with Crippen LogP contribution in [-0.4, -0.2) is 22.8 Å². The van der Waals surface area contributed by atoms with Gasteiger partial charge in [0.15, 0.2) is 0 Å². The summed E-state index contributed by atoms with van der Waals surface area (Å²) < 4.78 is 8.28. The van der Waals surface area contributed by atoms with Crippen molar-refractivity contribution in [2.24, 2.45) is 0 Å². The molecule has 0 bridgehead atoms. The highest BCUT2D eigenvalue weighted by molar-refractivity contribution is 5.10. The van der Waals surface area contributed by atoms with Crippen LogP contribution in [0.5, 0.6) is 0 Å². The van der Waals surface area contributed by atoms with E-state index in [0.29, 0.717) is 6.10 Å². The first kappa shape index (κ1) is 13.6. The third-order valence-electron chi connectivity index (χ3n) is 3.54. The highest BCUT2D eigenvalue weighted by Gasteiger charge is 2.31. The SMILES string of the molecule is CCCNCc1ccn(CC2CCC(C)(C)O2)c1. The van der Waals surface area contributed by atoms with Gasteiger partial charge in [-0.2, -0.15) is 0 Å². The summed E-state index contributed by atoms with van der Waals surface area (Å²) >= 11 is 0. The van der Waals surface area contributed by atoms with Gasteiger partial charge in [0.1, 0.15) is 0 Å². The van der Waals surface area contributed by atoms with Crippen LogP contribution in [0.4, 0.5) is 0 Å². The second-order valence-corrected chi connectivity index (χ2v) is 5.93. The quantitative estimate of drug-likeness (QED) is 0.786. The van der Waals surface area contributed by atoms with E-state index in [1.165, 1.54) is 24.8 Å². The Morgan fingerprint density at radius 2 is 2.33 bits per heavy atom.